The van der Waals surface area contributed by atoms with Gasteiger partial charge in [-0.05, 0) is 43.0 Å². The van der Waals surface area contributed by atoms with Crippen LogP contribution in [0.2, 0.25) is 0 Å². The Morgan fingerprint density at radius 3 is 2.60 bits per heavy atom. The van der Waals surface area contributed by atoms with E-state index in [4.69, 9.17) is 5.26 Å². The van der Waals surface area contributed by atoms with Crippen molar-refractivity contribution in [1.82, 2.24) is 4.31 Å². The molecule has 6 heteroatoms. The molecule has 2 unspecified atom stereocenters. The molecule has 5 nitrogen and oxygen atoms in total. The van der Waals surface area contributed by atoms with Gasteiger partial charge in [-0.15, -0.1) is 0 Å². The third-order valence-electron chi connectivity index (χ3n) is 3.84. The van der Waals surface area contributed by atoms with Gasteiger partial charge in [-0.1, -0.05) is 6.92 Å². The second-order valence-electron chi connectivity index (χ2n) is 5.12. The summed E-state index contributed by atoms with van der Waals surface area (Å²) in [6, 6.07) is 7.47. The number of piperidine rings is 1. The fraction of sp³-hybridized carbons (Fsp3) is 0.500. The van der Waals surface area contributed by atoms with E-state index in [1.54, 1.807) is 0 Å². The number of rotatable bonds is 3. The van der Waals surface area contributed by atoms with Crippen LogP contribution in [0.4, 0.5) is 0 Å². The first-order valence-corrected chi connectivity index (χ1v) is 8.07. The van der Waals surface area contributed by atoms with Gasteiger partial charge in [-0.25, -0.2) is 8.42 Å². The molecule has 2 atom stereocenters. The number of nitriles is 1. The van der Waals surface area contributed by atoms with Crippen LogP contribution >= 0.6 is 0 Å². The summed E-state index contributed by atoms with van der Waals surface area (Å²) < 4.78 is 26.7. The highest BCUT2D eigenvalue weighted by atomic mass is 32.2. The van der Waals surface area contributed by atoms with Crippen LogP contribution in [0.5, 0.6) is 0 Å². The van der Waals surface area contributed by atoms with Gasteiger partial charge in [0.1, 0.15) is 0 Å². The standard InChI is InChI=1S/C14H18N2O3S/c1-11-3-2-8-16(14(11)10-17)20(18,19)13-6-4-12(9-15)5-7-13/h4-7,11,14,17H,2-3,8,10H2,1H3. The van der Waals surface area contributed by atoms with Crippen LogP contribution in [0.1, 0.15) is 25.3 Å². The summed E-state index contributed by atoms with van der Waals surface area (Å²) in [6.07, 6.45) is 1.72. The van der Waals surface area contributed by atoms with Crippen LogP contribution in [0, 0.1) is 17.2 Å². The molecule has 0 aliphatic carbocycles. The molecule has 2 rings (SSSR count). The smallest absolute Gasteiger partial charge is 0.243 e. The zero-order valence-electron chi connectivity index (χ0n) is 11.4. The van der Waals surface area contributed by atoms with Gasteiger partial charge in [0.25, 0.3) is 0 Å². The predicted octanol–water partition coefficient (Wildman–Crippen LogP) is 1.34. The van der Waals surface area contributed by atoms with Crippen LogP contribution < -0.4 is 0 Å². The maximum absolute atomic E-state index is 12.6. The minimum absolute atomic E-state index is 0.141. The summed E-state index contributed by atoms with van der Waals surface area (Å²) in [7, 11) is -3.62. The van der Waals surface area contributed by atoms with Crippen molar-refractivity contribution in [2.24, 2.45) is 5.92 Å². The molecule has 0 aromatic heterocycles. The Kier molecular flexibility index (Phi) is 4.43. The minimum atomic E-state index is -3.62. The molecule has 0 saturated carbocycles. The highest BCUT2D eigenvalue weighted by molar-refractivity contribution is 7.89. The van der Waals surface area contributed by atoms with E-state index in [-0.39, 0.29) is 23.5 Å². The number of nitrogens with zero attached hydrogens (tertiary/aromatic N) is 2. The predicted molar refractivity (Wildman–Crippen MR) is 74.3 cm³/mol. The highest BCUT2D eigenvalue weighted by Gasteiger charge is 2.36. The van der Waals surface area contributed by atoms with Crippen molar-refractivity contribution in [2.75, 3.05) is 13.2 Å². The van der Waals surface area contributed by atoms with Gasteiger partial charge in [0.05, 0.1) is 29.2 Å². The third kappa shape index (κ3) is 2.70. The number of benzene rings is 1. The van der Waals surface area contributed by atoms with Crippen LogP contribution in [0.25, 0.3) is 0 Å². The van der Waals surface area contributed by atoms with Crippen LogP contribution in [0.15, 0.2) is 29.2 Å². The van der Waals surface area contributed by atoms with Crippen molar-refractivity contribution in [1.29, 1.82) is 5.26 Å². The Morgan fingerprint density at radius 1 is 1.40 bits per heavy atom. The minimum Gasteiger partial charge on any atom is -0.395 e. The fourth-order valence-corrected chi connectivity index (χ4v) is 4.37. The van der Waals surface area contributed by atoms with Crippen molar-refractivity contribution in [3.63, 3.8) is 0 Å². The Morgan fingerprint density at radius 2 is 2.05 bits per heavy atom. The van der Waals surface area contributed by atoms with E-state index in [2.05, 4.69) is 0 Å². The van der Waals surface area contributed by atoms with E-state index in [9.17, 15) is 13.5 Å². The Balaban J connectivity index is 2.35. The molecule has 1 heterocycles. The van der Waals surface area contributed by atoms with Gasteiger partial charge in [-0.3, -0.25) is 0 Å². The molecule has 1 fully saturated rings. The average molecular weight is 294 g/mol. The summed E-state index contributed by atoms with van der Waals surface area (Å²) in [5.74, 6) is 0.141. The third-order valence-corrected chi connectivity index (χ3v) is 5.78. The molecule has 1 N–H and O–H groups in total. The fourth-order valence-electron chi connectivity index (χ4n) is 2.62. The van der Waals surface area contributed by atoms with E-state index in [1.807, 2.05) is 13.0 Å². The topological polar surface area (TPSA) is 81.4 Å². The van der Waals surface area contributed by atoms with Crippen LogP contribution in [0.3, 0.4) is 0 Å². The summed E-state index contributed by atoms with van der Waals surface area (Å²) in [6.45, 7) is 2.22. The lowest BCUT2D eigenvalue weighted by Crippen LogP contribution is -2.49. The van der Waals surface area contributed by atoms with E-state index in [0.29, 0.717) is 12.1 Å². The molecule has 1 aliphatic heterocycles. The van der Waals surface area contributed by atoms with Crippen molar-refractivity contribution < 1.29 is 13.5 Å². The van der Waals surface area contributed by atoms with E-state index >= 15 is 0 Å². The molecule has 108 valence electrons. The first-order chi connectivity index (χ1) is 9.50. The van der Waals surface area contributed by atoms with E-state index in [1.165, 1.54) is 28.6 Å². The second-order valence-corrected chi connectivity index (χ2v) is 7.01. The molecule has 0 spiro atoms. The van der Waals surface area contributed by atoms with Crippen LogP contribution in [-0.2, 0) is 10.0 Å². The summed E-state index contributed by atoms with van der Waals surface area (Å²) >= 11 is 0. The molecule has 1 saturated heterocycles. The maximum atomic E-state index is 12.6. The lowest BCUT2D eigenvalue weighted by Gasteiger charge is -2.37. The number of hydrogen-bond acceptors (Lipinski definition) is 4. The molecule has 1 aromatic carbocycles. The van der Waals surface area contributed by atoms with Crippen molar-refractivity contribution in [3.05, 3.63) is 29.8 Å². The van der Waals surface area contributed by atoms with Crippen LogP contribution in [-0.4, -0.2) is 37.0 Å². The Hall–Kier alpha value is -1.42. The number of hydrogen-bond donors (Lipinski definition) is 1. The molecular weight excluding hydrogens is 276 g/mol. The summed E-state index contributed by atoms with van der Waals surface area (Å²) in [5.41, 5.74) is 0.426. The first kappa shape index (κ1) is 15.0. The molecule has 0 amide bonds. The zero-order valence-corrected chi connectivity index (χ0v) is 12.2. The Labute approximate surface area is 119 Å². The van der Waals surface area contributed by atoms with E-state index < -0.39 is 10.0 Å². The van der Waals surface area contributed by atoms with Gasteiger partial charge in [-0.2, -0.15) is 9.57 Å². The first-order valence-electron chi connectivity index (χ1n) is 6.63. The summed E-state index contributed by atoms with van der Waals surface area (Å²) in [4.78, 5) is 0.170. The molecular formula is C14H18N2O3S. The monoisotopic (exact) mass is 294 g/mol. The van der Waals surface area contributed by atoms with Gasteiger partial charge in [0, 0.05) is 6.54 Å². The lowest BCUT2D eigenvalue weighted by molar-refractivity contribution is 0.113. The van der Waals surface area contributed by atoms with Crippen molar-refractivity contribution >= 4 is 10.0 Å². The maximum Gasteiger partial charge on any atom is 0.243 e. The van der Waals surface area contributed by atoms with Gasteiger partial charge >= 0.3 is 0 Å². The van der Waals surface area contributed by atoms with Crippen molar-refractivity contribution in [2.45, 2.75) is 30.7 Å². The molecule has 20 heavy (non-hydrogen) atoms. The Bertz CT molecular complexity index is 604. The largest absolute Gasteiger partial charge is 0.395 e. The molecule has 1 aromatic rings. The van der Waals surface area contributed by atoms with Gasteiger partial charge < -0.3 is 5.11 Å². The molecule has 0 bridgehead atoms. The van der Waals surface area contributed by atoms with E-state index in [0.717, 1.165) is 12.8 Å². The number of sulfonamides is 1. The summed E-state index contributed by atoms with van der Waals surface area (Å²) in [5, 5.41) is 18.2. The number of aliphatic hydroxyl groups excluding tert-OH is 1. The normalized spacial score (nSPS) is 24.2. The van der Waals surface area contributed by atoms with Gasteiger partial charge in [0.15, 0.2) is 0 Å². The highest BCUT2D eigenvalue weighted by Crippen LogP contribution is 2.28. The lowest BCUT2D eigenvalue weighted by atomic mass is 9.93. The average Bonchev–Trinajstić information content (AvgIpc) is 2.47. The zero-order chi connectivity index (χ0) is 14.8. The second kappa shape index (κ2) is 5.92. The molecule has 0 radical (unpaired) electrons. The SMILES string of the molecule is CC1CCCN(S(=O)(=O)c2ccc(C#N)cc2)C1CO. The van der Waals surface area contributed by atoms with Crippen molar-refractivity contribution in [3.8, 4) is 6.07 Å². The molecule has 1 aliphatic rings. The quantitative estimate of drug-likeness (QED) is 0.912. The number of aliphatic hydroxyl groups is 1. The van der Waals surface area contributed by atoms with Gasteiger partial charge in [0.2, 0.25) is 10.0 Å².